The SMILES string of the molecule is Cl.O=C(N[C@H]1CCCNC1)c1coc2ccccc12. The first kappa shape index (κ1) is 13.9. The molecule has 0 unspecified atom stereocenters. The van der Waals surface area contributed by atoms with Gasteiger partial charge < -0.3 is 15.1 Å². The van der Waals surface area contributed by atoms with Crippen LogP contribution in [0.4, 0.5) is 0 Å². The first-order valence-electron chi connectivity index (χ1n) is 6.32. The fourth-order valence-corrected chi connectivity index (χ4v) is 2.39. The highest BCUT2D eigenvalue weighted by molar-refractivity contribution is 6.05. The summed E-state index contributed by atoms with van der Waals surface area (Å²) in [5.41, 5.74) is 1.38. The fraction of sp³-hybridized carbons (Fsp3) is 0.357. The van der Waals surface area contributed by atoms with E-state index in [9.17, 15) is 4.79 Å². The van der Waals surface area contributed by atoms with Gasteiger partial charge in [-0.15, -0.1) is 12.4 Å². The van der Waals surface area contributed by atoms with E-state index in [1.165, 1.54) is 6.26 Å². The van der Waals surface area contributed by atoms with Gasteiger partial charge >= 0.3 is 0 Å². The summed E-state index contributed by atoms with van der Waals surface area (Å²) in [5.74, 6) is -0.0475. The Balaban J connectivity index is 0.00000133. The van der Waals surface area contributed by atoms with Gasteiger partial charge in [0.1, 0.15) is 11.8 Å². The molecule has 4 nitrogen and oxygen atoms in total. The second-order valence-electron chi connectivity index (χ2n) is 4.66. The van der Waals surface area contributed by atoms with Crippen LogP contribution in [0.15, 0.2) is 34.9 Å². The van der Waals surface area contributed by atoms with E-state index in [0.29, 0.717) is 5.56 Å². The Morgan fingerprint density at radius 3 is 3.00 bits per heavy atom. The minimum absolute atomic E-state index is 0. The number of carbonyl (C=O) groups excluding carboxylic acids is 1. The summed E-state index contributed by atoms with van der Waals surface area (Å²) < 4.78 is 5.38. The Bertz CT molecular complexity index is 561. The van der Waals surface area contributed by atoms with Crippen molar-refractivity contribution in [1.29, 1.82) is 0 Å². The smallest absolute Gasteiger partial charge is 0.255 e. The molecule has 1 saturated heterocycles. The molecule has 1 aromatic carbocycles. The maximum atomic E-state index is 12.2. The van der Waals surface area contributed by atoms with Gasteiger partial charge in [-0.2, -0.15) is 0 Å². The molecule has 0 spiro atoms. The van der Waals surface area contributed by atoms with Gasteiger partial charge in [0.2, 0.25) is 0 Å². The van der Waals surface area contributed by atoms with E-state index < -0.39 is 0 Å². The maximum absolute atomic E-state index is 12.2. The Morgan fingerprint density at radius 1 is 1.37 bits per heavy atom. The highest BCUT2D eigenvalue weighted by Gasteiger charge is 2.19. The molecule has 0 radical (unpaired) electrons. The fourth-order valence-electron chi connectivity index (χ4n) is 2.39. The van der Waals surface area contributed by atoms with E-state index in [1.807, 2.05) is 24.3 Å². The van der Waals surface area contributed by atoms with Gasteiger partial charge in [0, 0.05) is 18.0 Å². The number of para-hydroxylation sites is 1. The van der Waals surface area contributed by atoms with Crippen LogP contribution in [0.3, 0.4) is 0 Å². The summed E-state index contributed by atoms with van der Waals surface area (Å²) in [4.78, 5) is 12.2. The highest BCUT2D eigenvalue weighted by atomic mass is 35.5. The van der Waals surface area contributed by atoms with Gasteiger partial charge in [0.25, 0.3) is 5.91 Å². The maximum Gasteiger partial charge on any atom is 0.255 e. The Morgan fingerprint density at radius 2 is 2.21 bits per heavy atom. The predicted molar refractivity (Wildman–Crippen MR) is 76.8 cm³/mol. The number of halogens is 1. The molecule has 2 aromatic rings. The highest BCUT2D eigenvalue weighted by Crippen LogP contribution is 2.20. The van der Waals surface area contributed by atoms with Crippen molar-refractivity contribution >= 4 is 29.3 Å². The zero-order valence-corrected chi connectivity index (χ0v) is 11.3. The van der Waals surface area contributed by atoms with Gasteiger partial charge in [-0.05, 0) is 25.5 Å². The number of amides is 1. The van der Waals surface area contributed by atoms with Gasteiger partial charge in [-0.3, -0.25) is 4.79 Å². The van der Waals surface area contributed by atoms with Crippen LogP contribution < -0.4 is 10.6 Å². The molecule has 19 heavy (non-hydrogen) atoms. The van der Waals surface area contributed by atoms with E-state index in [1.54, 1.807) is 0 Å². The van der Waals surface area contributed by atoms with Crippen molar-refractivity contribution in [1.82, 2.24) is 10.6 Å². The van der Waals surface area contributed by atoms with Crippen molar-refractivity contribution in [3.05, 3.63) is 36.1 Å². The number of benzene rings is 1. The number of piperidine rings is 1. The molecule has 1 aliphatic heterocycles. The topological polar surface area (TPSA) is 54.3 Å². The van der Waals surface area contributed by atoms with E-state index in [-0.39, 0.29) is 24.4 Å². The Hall–Kier alpha value is -1.52. The van der Waals surface area contributed by atoms with Crippen molar-refractivity contribution < 1.29 is 9.21 Å². The number of carbonyl (C=O) groups is 1. The second-order valence-corrected chi connectivity index (χ2v) is 4.66. The van der Waals surface area contributed by atoms with Crippen LogP contribution in [-0.4, -0.2) is 25.0 Å². The molecule has 102 valence electrons. The zero-order valence-electron chi connectivity index (χ0n) is 10.5. The van der Waals surface area contributed by atoms with Crippen LogP contribution in [0, 0.1) is 0 Å². The minimum atomic E-state index is -0.0475. The van der Waals surface area contributed by atoms with E-state index in [4.69, 9.17) is 4.42 Å². The Labute approximate surface area is 118 Å². The number of rotatable bonds is 2. The quantitative estimate of drug-likeness (QED) is 0.888. The average Bonchev–Trinajstić information content (AvgIpc) is 2.84. The molecule has 1 amide bonds. The van der Waals surface area contributed by atoms with Crippen LogP contribution in [0.2, 0.25) is 0 Å². The third-order valence-electron chi connectivity index (χ3n) is 3.36. The van der Waals surface area contributed by atoms with Crippen molar-refractivity contribution in [3.63, 3.8) is 0 Å². The summed E-state index contributed by atoms with van der Waals surface area (Å²) >= 11 is 0. The predicted octanol–water partition coefficient (Wildman–Crippen LogP) is 2.34. The minimum Gasteiger partial charge on any atom is -0.463 e. The molecule has 1 aromatic heterocycles. The number of furan rings is 1. The molecular formula is C14H17ClN2O2. The van der Waals surface area contributed by atoms with Crippen LogP contribution >= 0.6 is 12.4 Å². The molecule has 1 fully saturated rings. The average molecular weight is 281 g/mol. The van der Waals surface area contributed by atoms with Gasteiger partial charge in [0.05, 0.1) is 5.56 Å². The van der Waals surface area contributed by atoms with Gasteiger partial charge in [0.15, 0.2) is 0 Å². The van der Waals surface area contributed by atoms with Crippen molar-refractivity contribution in [2.24, 2.45) is 0 Å². The van der Waals surface area contributed by atoms with Crippen LogP contribution in [-0.2, 0) is 0 Å². The molecule has 0 saturated carbocycles. The van der Waals surface area contributed by atoms with Crippen molar-refractivity contribution in [2.45, 2.75) is 18.9 Å². The third kappa shape index (κ3) is 2.91. The van der Waals surface area contributed by atoms with E-state index in [0.717, 1.165) is 36.9 Å². The Kier molecular flexibility index (Phi) is 4.45. The molecule has 2 heterocycles. The summed E-state index contributed by atoms with van der Waals surface area (Å²) in [6, 6.07) is 7.82. The van der Waals surface area contributed by atoms with E-state index in [2.05, 4.69) is 10.6 Å². The summed E-state index contributed by atoms with van der Waals surface area (Å²) in [5, 5.41) is 7.21. The molecule has 3 rings (SSSR count). The number of hydrogen-bond donors (Lipinski definition) is 2. The molecule has 1 atom stereocenters. The van der Waals surface area contributed by atoms with Crippen molar-refractivity contribution in [3.8, 4) is 0 Å². The molecule has 5 heteroatoms. The molecule has 0 aliphatic carbocycles. The second kappa shape index (κ2) is 6.08. The van der Waals surface area contributed by atoms with Gasteiger partial charge in [-0.25, -0.2) is 0 Å². The summed E-state index contributed by atoms with van der Waals surface area (Å²) in [7, 11) is 0. The van der Waals surface area contributed by atoms with Crippen LogP contribution in [0.5, 0.6) is 0 Å². The summed E-state index contributed by atoms with van der Waals surface area (Å²) in [6.45, 7) is 1.89. The van der Waals surface area contributed by atoms with Crippen LogP contribution in [0.25, 0.3) is 11.0 Å². The molecule has 2 N–H and O–H groups in total. The molecule has 0 bridgehead atoms. The van der Waals surface area contributed by atoms with Crippen molar-refractivity contribution in [2.75, 3.05) is 13.1 Å². The molecule has 1 aliphatic rings. The first-order chi connectivity index (χ1) is 8.84. The lowest BCUT2D eigenvalue weighted by Crippen LogP contribution is -2.45. The first-order valence-corrected chi connectivity index (χ1v) is 6.32. The van der Waals surface area contributed by atoms with Crippen LogP contribution in [0.1, 0.15) is 23.2 Å². The lowest BCUT2D eigenvalue weighted by atomic mass is 10.1. The normalized spacial score (nSPS) is 18.8. The van der Waals surface area contributed by atoms with E-state index >= 15 is 0 Å². The standard InChI is InChI=1S/C14H16N2O2.ClH/c17-14(16-10-4-3-7-15-8-10)12-9-18-13-6-2-1-5-11(12)13;/h1-2,5-6,9-10,15H,3-4,7-8H2,(H,16,17);1H/t10-;/m0./s1. The zero-order chi connectivity index (χ0) is 12.4. The monoisotopic (exact) mass is 280 g/mol. The van der Waals surface area contributed by atoms with Gasteiger partial charge in [-0.1, -0.05) is 18.2 Å². The third-order valence-corrected chi connectivity index (χ3v) is 3.36. The summed E-state index contributed by atoms with van der Waals surface area (Å²) in [6.07, 6.45) is 3.68. The number of fused-ring (bicyclic) bond motifs is 1. The lowest BCUT2D eigenvalue weighted by molar-refractivity contribution is 0.0931. The number of hydrogen-bond acceptors (Lipinski definition) is 3. The largest absolute Gasteiger partial charge is 0.463 e. The molecular weight excluding hydrogens is 264 g/mol. The lowest BCUT2D eigenvalue weighted by Gasteiger charge is -2.23. The number of nitrogens with one attached hydrogen (secondary N) is 2.